The van der Waals surface area contributed by atoms with Gasteiger partial charge in [0.2, 0.25) is 5.75 Å². The van der Waals surface area contributed by atoms with Gasteiger partial charge >= 0.3 is 0 Å². The molecular formula is C15H22N2O3. The predicted octanol–water partition coefficient (Wildman–Crippen LogP) is 2.02. The molecule has 110 valence electrons. The molecule has 0 radical (unpaired) electrons. The fourth-order valence-electron chi connectivity index (χ4n) is 1.82. The van der Waals surface area contributed by atoms with Gasteiger partial charge in [0, 0.05) is 0 Å². The zero-order chi connectivity index (χ0) is 15.0. The van der Waals surface area contributed by atoms with Crippen LogP contribution < -0.4 is 25.5 Å². The molecule has 0 aromatic heterocycles. The molecule has 0 saturated heterocycles. The van der Waals surface area contributed by atoms with E-state index in [9.17, 15) is 0 Å². The molecule has 0 aliphatic heterocycles. The van der Waals surface area contributed by atoms with Crippen molar-refractivity contribution in [1.29, 1.82) is 0 Å². The number of hydrogen-bond acceptors (Lipinski definition) is 5. The van der Waals surface area contributed by atoms with Gasteiger partial charge in [0.25, 0.3) is 0 Å². The zero-order valence-electron chi connectivity index (χ0n) is 12.2. The highest BCUT2D eigenvalue weighted by Crippen LogP contribution is 2.40. The summed E-state index contributed by atoms with van der Waals surface area (Å²) in [5, 5.41) is 0. The van der Waals surface area contributed by atoms with Gasteiger partial charge in [-0.3, -0.25) is 5.84 Å². The Labute approximate surface area is 120 Å². The maximum absolute atomic E-state index is 5.62. The van der Waals surface area contributed by atoms with Crippen molar-refractivity contribution in [3.05, 3.63) is 17.7 Å². The molecule has 0 fully saturated rings. The summed E-state index contributed by atoms with van der Waals surface area (Å²) in [5.41, 5.74) is 3.37. The number of benzene rings is 1. The first-order valence-corrected chi connectivity index (χ1v) is 6.70. The minimum absolute atomic E-state index is 0.413. The number of rotatable bonds is 8. The Morgan fingerprint density at radius 3 is 1.95 bits per heavy atom. The van der Waals surface area contributed by atoms with Crippen LogP contribution in [0.3, 0.4) is 0 Å². The average molecular weight is 278 g/mol. The van der Waals surface area contributed by atoms with Crippen molar-refractivity contribution in [1.82, 2.24) is 5.43 Å². The van der Waals surface area contributed by atoms with Crippen LogP contribution >= 0.6 is 0 Å². The smallest absolute Gasteiger partial charge is 0.203 e. The first-order valence-electron chi connectivity index (χ1n) is 6.70. The summed E-state index contributed by atoms with van der Waals surface area (Å²) >= 11 is 0. The highest BCUT2D eigenvalue weighted by molar-refractivity contribution is 5.55. The monoisotopic (exact) mass is 278 g/mol. The van der Waals surface area contributed by atoms with Gasteiger partial charge in [-0.2, -0.15) is 0 Å². The summed E-state index contributed by atoms with van der Waals surface area (Å²) in [6, 6.07) is 3.23. The van der Waals surface area contributed by atoms with Gasteiger partial charge < -0.3 is 14.2 Å². The van der Waals surface area contributed by atoms with E-state index in [-0.39, 0.29) is 0 Å². The summed E-state index contributed by atoms with van der Waals surface area (Å²) in [4.78, 5) is 0. The molecule has 0 aliphatic rings. The lowest BCUT2D eigenvalue weighted by atomic mass is 10.1. The van der Waals surface area contributed by atoms with Crippen molar-refractivity contribution >= 4 is 0 Å². The van der Waals surface area contributed by atoms with E-state index in [4.69, 9.17) is 26.5 Å². The fraction of sp³-hybridized carbons (Fsp3) is 0.467. The van der Waals surface area contributed by atoms with E-state index in [0.29, 0.717) is 37.1 Å². The second-order valence-corrected chi connectivity index (χ2v) is 3.91. The average Bonchev–Trinajstić information content (AvgIpc) is 2.44. The summed E-state index contributed by atoms with van der Waals surface area (Å²) in [7, 11) is 0. The van der Waals surface area contributed by atoms with E-state index >= 15 is 0 Å². The molecule has 1 aromatic carbocycles. The lowest BCUT2D eigenvalue weighted by molar-refractivity contribution is 0.260. The molecule has 5 nitrogen and oxygen atoms in total. The Morgan fingerprint density at radius 1 is 1.10 bits per heavy atom. The molecule has 1 rings (SSSR count). The third-order valence-electron chi connectivity index (χ3n) is 2.60. The third kappa shape index (κ3) is 3.80. The topological polar surface area (TPSA) is 65.7 Å². The Morgan fingerprint density at radius 2 is 1.60 bits per heavy atom. The number of nitrogens with two attached hydrogens (primary N) is 1. The Bertz CT molecular complexity index is 442. The summed E-state index contributed by atoms with van der Waals surface area (Å²) in [6.45, 7) is 7.28. The number of nitrogens with one attached hydrogen (secondary N) is 1. The van der Waals surface area contributed by atoms with Crippen LogP contribution in [0.5, 0.6) is 17.2 Å². The van der Waals surface area contributed by atoms with Gasteiger partial charge in [0.1, 0.15) is 6.04 Å². The predicted molar refractivity (Wildman–Crippen MR) is 78.8 cm³/mol. The van der Waals surface area contributed by atoms with Crippen molar-refractivity contribution in [2.24, 2.45) is 5.84 Å². The summed E-state index contributed by atoms with van der Waals surface area (Å²) in [5.74, 6) is 9.82. The Kier molecular flexibility index (Phi) is 6.71. The summed E-state index contributed by atoms with van der Waals surface area (Å²) < 4.78 is 16.9. The lowest BCUT2D eigenvalue weighted by Crippen LogP contribution is -2.26. The molecule has 0 heterocycles. The van der Waals surface area contributed by atoms with Crippen molar-refractivity contribution in [3.8, 4) is 29.6 Å². The van der Waals surface area contributed by atoms with Gasteiger partial charge in [0.15, 0.2) is 11.5 Å². The second kappa shape index (κ2) is 8.31. The van der Waals surface area contributed by atoms with Gasteiger partial charge in [-0.25, -0.2) is 5.43 Å². The molecule has 0 spiro atoms. The molecule has 0 saturated carbocycles. The van der Waals surface area contributed by atoms with Gasteiger partial charge in [0.05, 0.1) is 19.8 Å². The molecule has 3 N–H and O–H groups in total. The van der Waals surface area contributed by atoms with Crippen LogP contribution in [0.15, 0.2) is 12.1 Å². The van der Waals surface area contributed by atoms with Crippen LogP contribution in [0, 0.1) is 12.3 Å². The minimum Gasteiger partial charge on any atom is -0.490 e. The van der Waals surface area contributed by atoms with Crippen molar-refractivity contribution in [2.75, 3.05) is 19.8 Å². The quantitative estimate of drug-likeness (QED) is 0.433. The van der Waals surface area contributed by atoms with E-state index in [2.05, 4.69) is 11.3 Å². The first-order chi connectivity index (χ1) is 9.71. The molecule has 5 heteroatoms. The fourth-order valence-corrected chi connectivity index (χ4v) is 1.82. The van der Waals surface area contributed by atoms with Gasteiger partial charge in [-0.05, 0) is 38.5 Å². The van der Waals surface area contributed by atoms with Gasteiger partial charge in [-0.1, -0.05) is 5.92 Å². The molecule has 20 heavy (non-hydrogen) atoms. The third-order valence-corrected chi connectivity index (χ3v) is 2.60. The molecule has 0 bridgehead atoms. The highest BCUT2D eigenvalue weighted by Gasteiger charge is 2.18. The number of terminal acetylenes is 1. The highest BCUT2D eigenvalue weighted by atomic mass is 16.5. The SMILES string of the molecule is C#CC(NN)c1cc(OCC)c(OCC)c(OCC)c1. The molecule has 1 atom stereocenters. The van der Waals surface area contributed by atoms with Crippen molar-refractivity contribution in [2.45, 2.75) is 26.8 Å². The van der Waals surface area contributed by atoms with E-state index in [1.165, 1.54) is 0 Å². The van der Waals surface area contributed by atoms with Crippen molar-refractivity contribution in [3.63, 3.8) is 0 Å². The maximum atomic E-state index is 5.62. The molecule has 0 amide bonds. The molecule has 1 unspecified atom stereocenters. The molecular weight excluding hydrogens is 256 g/mol. The molecule has 0 aliphatic carbocycles. The first kappa shape index (κ1) is 16.2. The van der Waals surface area contributed by atoms with Crippen LogP contribution in [0.4, 0.5) is 0 Å². The van der Waals surface area contributed by atoms with E-state index < -0.39 is 6.04 Å². The van der Waals surface area contributed by atoms with Gasteiger partial charge in [-0.15, -0.1) is 6.42 Å². The van der Waals surface area contributed by atoms with Crippen LogP contribution in [0.2, 0.25) is 0 Å². The largest absolute Gasteiger partial charge is 0.490 e. The number of hydrazine groups is 1. The van der Waals surface area contributed by atoms with E-state index in [1.54, 1.807) is 0 Å². The van der Waals surface area contributed by atoms with Crippen LogP contribution in [-0.4, -0.2) is 19.8 Å². The summed E-state index contributed by atoms with van der Waals surface area (Å²) in [6.07, 6.45) is 5.45. The lowest BCUT2D eigenvalue weighted by Gasteiger charge is -2.19. The van der Waals surface area contributed by atoms with E-state index in [0.717, 1.165) is 5.56 Å². The van der Waals surface area contributed by atoms with Crippen molar-refractivity contribution < 1.29 is 14.2 Å². The second-order valence-electron chi connectivity index (χ2n) is 3.91. The van der Waals surface area contributed by atoms with Crippen LogP contribution in [-0.2, 0) is 0 Å². The normalized spacial score (nSPS) is 11.6. The number of ether oxygens (including phenoxy) is 3. The van der Waals surface area contributed by atoms with Crippen LogP contribution in [0.1, 0.15) is 32.4 Å². The minimum atomic E-state index is -0.413. The Balaban J connectivity index is 3.32. The van der Waals surface area contributed by atoms with Crippen LogP contribution in [0.25, 0.3) is 0 Å². The Hall–Kier alpha value is -1.90. The van der Waals surface area contributed by atoms with E-state index in [1.807, 2.05) is 32.9 Å². The standard InChI is InChI=1S/C15H22N2O3/c1-5-12(17-16)11-9-13(18-6-2)15(20-8-4)14(10-11)19-7-3/h1,9-10,12,17H,6-8,16H2,2-4H3. The number of hydrogen-bond donors (Lipinski definition) is 2. The maximum Gasteiger partial charge on any atom is 0.203 e. The molecule has 1 aromatic rings. The zero-order valence-corrected chi connectivity index (χ0v) is 12.2.